The molecule has 2 fully saturated rings. The second kappa shape index (κ2) is 12.9. The first-order valence-electron chi connectivity index (χ1n) is 18.2. The van der Waals surface area contributed by atoms with Crippen molar-refractivity contribution in [3.8, 4) is 5.75 Å². The molecule has 266 valence electrons. The zero-order valence-electron chi connectivity index (χ0n) is 29.1. The van der Waals surface area contributed by atoms with Gasteiger partial charge in [0.05, 0.1) is 22.9 Å². The molecule has 3 aliphatic carbocycles. The lowest BCUT2D eigenvalue weighted by molar-refractivity contribution is -0.135. The molecule has 0 radical (unpaired) electrons. The summed E-state index contributed by atoms with van der Waals surface area (Å²) in [5, 5.41) is 13.6. The Morgan fingerprint density at radius 2 is 1.37 bits per heavy atom. The van der Waals surface area contributed by atoms with Crippen molar-refractivity contribution in [3.05, 3.63) is 174 Å². The number of fused-ring (bicyclic) bond motifs is 4. The summed E-state index contributed by atoms with van der Waals surface area (Å²) in [4.78, 5) is 60.2. The van der Waals surface area contributed by atoms with Crippen molar-refractivity contribution in [2.24, 2.45) is 23.7 Å². The van der Waals surface area contributed by atoms with E-state index < -0.39 is 46.6 Å². The average Bonchev–Trinajstić information content (AvgIpc) is 3.46. The Hall–Kier alpha value is -6.41. The second-order valence-electron chi connectivity index (χ2n) is 14.5. The zero-order chi connectivity index (χ0) is 37.1. The highest BCUT2D eigenvalue weighted by Crippen LogP contribution is 2.64. The molecule has 5 aromatic rings. The SMILES string of the molecule is O=C1C(c2ccccc2)=CC(=O)[C@@]2(c3ccccc3)[C@@H](c3ccc(O)c(F)c3)C3=CC[C@@H]4C(=O)N(c5ccc(Nc6ccccc6)cc5)C(=O)[C@@H]4[C@@H]3C[C@@H]12. The average molecular weight is 715 g/mol. The topological polar surface area (TPSA) is 104 Å². The van der Waals surface area contributed by atoms with E-state index in [0.717, 1.165) is 16.9 Å². The molecule has 0 spiro atoms. The predicted octanol–water partition coefficient (Wildman–Crippen LogP) is 8.30. The Morgan fingerprint density at radius 1 is 0.722 bits per heavy atom. The lowest BCUT2D eigenvalue weighted by Crippen LogP contribution is -2.58. The number of hydrogen-bond acceptors (Lipinski definition) is 6. The van der Waals surface area contributed by atoms with Gasteiger partial charge in [0.2, 0.25) is 11.8 Å². The molecule has 5 aromatic carbocycles. The van der Waals surface area contributed by atoms with Crippen LogP contribution in [0.4, 0.5) is 21.5 Å². The third kappa shape index (κ3) is 5.08. The molecule has 1 aliphatic heterocycles. The number of amides is 2. The van der Waals surface area contributed by atoms with Gasteiger partial charge in [-0.15, -0.1) is 0 Å². The smallest absolute Gasteiger partial charge is 0.238 e. The van der Waals surface area contributed by atoms with Crippen molar-refractivity contribution in [3.63, 3.8) is 0 Å². The fraction of sp³-hybridized carbons (Fsp3) is 0.174. The number of ketones is 2. The van der Waals surface area contributed by atoms with Crippen molar-refractivity contribution in [2.75, 3.05) is 10.2 Å². The summed E-state index contributed by atoms with van der Waals surface area (Å²) in [5.74, 6) is -6.50. The Labute approximate surface area is 311 Å². The van der Waals surface area contributed by atoms with Crippen molar-refractivity contribution < 1.29 is 28.7 Å². The van der Waals surface area contributed by atoms with Crippen molar-refractivity contribution >= 4 is 46.0 Å². The first-order valence-corrected chi connectivity index (χ1v) is 18.2. The number of phenols is 1. The molecule has 54 heavy (non-hydrogen) atoms. The molecular weight excluding hydrogens is 680 g/mol. The zero-order valence-corrected chi connectivity index (χ0v) is 29.1. The fourth-order valence-electron chi connectivity index (χ4n) is 9.59. The molecule has 4 aliphatic rings. The molecule has 6 atom stereocenters. The van der Waals surface area contributed by atoms with Gasteiger partial charge in [0.1, 0.15) is 0 Å². The van der Waals surface area contributed by atoms with Crippen LogP contribution in [0.25, 0.3) is 5.57 Å². The summed E-state index contributed by atoms with van der Waals surface area (Å²) in [6, 6.07) is 39.1. The van der Waals surface area contributed by atoms with Crippen LogP contribution in [0.5, 0.6) is 5.75 Å². The normalized spacial score (nSPS) is 26.0. The van der Waals surface area contributed by atoms with Gasteiger partial charge in [0.15, 0.2) is 23.1 Å². The minimum Gasteiger partial charge on any atom is -0.505 e. The van der Waals surface area contributed by atoms with Gasteiger partial charge in [-0.1, -0.05) is 96.6 Å². The van der Waals surface area contributed by atoms with Gasteiger partial charge in [0, 0.05) is 28.8 Å². The number of rotatable bonds is 6. The minimum absolute atomic E-state index is 0.139. The van der Waals surface area contributed by atoms with Gasteiger partial charge < -0.3 is 10.4 Å². The van der Waals surface area contributed by atoms with E-state index in [4.69, 9.17) is 0 Å². The van der Waals surface area contributed by atoms with Gasteiger partial charge in [-0.3, -0.25) is 24.1 Å². The summed E-state index contributed by atoms with van der Waals surface area (Å²) >= 11 is 0. The van der Waals surface area contributed by atoms with Crippen LogP contribution in [0, 0.1) is 29.5 Å². The van der Waals surface area contributed by atoms with E-state index in [2.05, 4.69) is 5.32 Å². The molecule has 7 nitrogen and oxygen atoms in total. The quantitative estimate of drug-likeness (QED) is 0.136. The number of carbonyl (C=O) groups excluding carboxylic acids is 4. The molecule has 1 saturated carbocycles. The number of imide groups is 1. The number of benzene rings is 5. The third-order valence-electron chi connectivity index (χ3n) is 11.9. The van der Waals surface area contributed by atoms with E-state index in [1.54, 1.807) is 30.3 Å². The molecule has 1 saturated heterocycles. The van der Waals surface area contributed by atoms with E-state index in [1.165, 1.54) is 23.1 Å². The third-order valence-corrected chi connectivity index (χ3v) is 11.9. The predicted molar refractivity (Wildman–Crippen MR) is 203 cm³/mol. The van der Waals surface area contributed by atoms with Crippen molar-refractivity contribution in [1.82, 2.24) is 0 Å². The lowest BCUT2D eigenvalue weighted by Gasteiger charge is -2.55. The van der Waals surface area contributed by atoms with Gasteiger partial charge in [-0.2, -0.15) is 0 Å². The molecule has 2 N–H and O–H groups in total. The Bertz CT molecular complexity index is 2390. The highest BCUT2D eigenvalue weighted by Gasteiger charge is 2.66. The van der Waals surface area contributed by atoms with E-state index in [0.29, 0.717) is 22.4 Å². The van der Waals surface area contributed by atoms with Crippen molar-refractivity contribution in [2.45, 2.75) is 24.2 Å². The number of nitrogens with zero attached hydrogens (tertiary/aromatic N) is 1. The molecule has 9 rings (SSSR count). The maximum absolute atomic E-state index is 15.3. The number of nitrogens with one attached hydrogen (secondary N) is 1. The summed E-state index contributed by atoms with van der Waals surface area (Å²) in [6.07, 6.45) is 3.75. The van der Waals surface area contributed by atoms with Crippen LogP contribution >= 0.6 is 0 Å². The summed E-state index contributed by atoms with van der Waals surface area (Å²) in [5.41, 5.74) is 3.29. The lowest BCUT2D eigenvalue weighted by atomic mass is 9.44. The number of allylic oxidation sites excluding steroid dienone is 4. The second-order valence-corrected chi connectivity index (χ2v) is 14.5. The van der Waals surface area contributed by atoms with Crippen LogP contribution < -0.4 is 10.2 Å². The number of Topliss-reactive ketones (excluding diaryl/α,β-unsaturated/α-hetero) is 1. The van der Waals surface area contributed by atoms with Crippen LogP contribution in [-0.4, -0.2) is 28.5 Å². The maximum atomic E-state index is 15.3. The van der Waals surface area contributed by atoms with Crippen molar-refractivity contribution in [1.29, 1.82) is 0 Å². The maximum Gasteiger partial charge on any atom is 0.238 e. The molecule has 1 heterocycles. The molecular formula is C46H35FN2O5. The van der Waals surface area contributed by atoms with E-state index in [9.17, 15) is 14.7 Å². The number of hydrogen-bond donors (Lipinski definition) is 2. The number of halogens is 1. The standard InChI is InChI=1S/C46H35FN2O5/c47-38-24-28(16-23-39(38)50)42-33-21-22-34-41(45(54)49(44(34)53)32-19-17-31(18-20-32)48-30-14-8-3-9-15-30)36(33)25-37-43(52)35(27-10-4-1-5-11-27)26-40(51)46(37,42)29-12-6-2-7-13-29/h1-21,23-24,26,34,36-37,41-42,48,50H,22,25H2/t34-,36+,37-,41-,42-,46-/m0/s1. The molecule has 0 unspecified atom stereocenters. The minimum atomic E-state index is -1.48. The first-order chi connectivity index (χ1) is 26.3. The van der Waals surface area contributed by atoms with Crippen LogP contribution in [0.15, 0.2) is 151 Å². The fourth-order valence-corrected chi connectivity index (χ4v) is 9.59. The number of carbonyl (C=O) groups is 4. The van der Waals surface area contributed by atoms with Crippen LogP contribution in [0.3, 0.4) is 0 Å². The Kier molecular flexibility index (Phi) is 7.99. The molecule has 0 aromatic heterocycles. The highest BCUT2D eigenvalue weighted by molar-refractivity contribution is 6.32. The molecule has 2 amide bonds. The van der Waals surface area contributed by atoms with E-state index in [-0.39, 0.29) is 41.8 Å². The number of anilines is 3. The number of para-hydroxylation sites is 1. The van der Waals surface area contributed by atoms with Gasteiger partial charge in [-0.25, -0.2) is 4.39 Å². The number of aromatic hydroxyl groups is 1. The summed E-state index contributed by atoms with van der Waals surface area (Å²) < 4.78 is 15.3. The largest absolute Gasteiger partial charge is 0.505 e. The Morgan fingerprint density at radius 3 is 2.06 bits per heavy atom. The monoisotopic (exact) mass is 714 g/mol. The Balaban J connectivity index is 1.17. The highest BCUT2D eigenvalue weighted by atomic mass is 19.1. The van der Waals surface area contributed by atoms with E-state index in [1.807, 2.05) is 97.1 Å². The van der Waals surface area contributed by atoms with Crippen LogP contribution in [-0.2, 0) is 24.6 Å². The summed E-state index contributed by atoms with van der Waals surface area (Å²) in [6.45, 7) is 0. The molecule has 8 heteroatoms. The van der Waals surface area contributed by atoms with Gasteiger partial charge in [0.25, 0.3) is 0 Å². The number of phenolic OH excluding ortho intramolecular Hbond substituents is 1. The van der Waals surface area contributed by atoms with Gasteiger partial charge in [-0.05, 0) is 90.1 Å². The summed E-state index contributed by atoms with van der Waals surface area (Å²) in [7, 11) is 0. The van der Waals surface area contributed by atoms with E-state index >= 15 is 14.0 Å². The van der Waals surface area contributed by atoms with Crippen LogP contribution in [0.1, 0.15) is 35.4 Å². The first kappa shape index (κ1) is 33.4. The molecule has 0 bridgehead atoms. The van der Waals surface area contributed by atoms with Crippen LogP contribution in [0.2, 0.25) is 0 Å². The van der Waals surface area contributed by atoms with Gasteiger partial charge >= 0.3 is 0 Å².